The maximum atomic E-state index is 14.4. The van der Waals surface area contributed by atoms with E-state index in [2.05, 4.69) is 17.2 Å². The molecule has 1 aromatic heterocycles. The third-order valence-corrected chi connectivity index (χ3v) is 7.75. The molecule has 42 heavy (non-hydrogen) atoms. The molecule has 1 fully saturated rings. The Morgan fingerprint density at radius 3 is 2.33 bits per heavy atom. The maximum absolute atomic E-state index is 14.4. The quantitative estimate of drug-likeness (QED) is 0.181. The van der Waals surface area contributed by atoms with Crippen molar-refractivity contribution >= 4 is 17.5 Å². The number of H-pyrrole nitrogens is 1. The van der Waals surface area contributed by atoms with Crippen LogP contribution in [0, 0.1) is 5.82 Å². The summed E-state index contributed by atoms with van der Waals surface area (Å²) in [6.45, 7) is 2.71. The van der Waals surface area contributed by atoms with Crippen molar-refractivity contribution in [2.24, 2.45) is 0 Å². The smallest absolute Gasteiger partial charge is 0.275 e. The molecule has 3 aromatic carbocycles. The minimum Gasteiger partial charge on any atom is -0.494 e. The van der Waals surface area contributed by atoms with Crippen molar-refractivity contribution in [1.29, 1.82) is 0 Å². The highest BCUT2D eigenvalue weighted by atomic mass is 19.1. The van der Waals surface area contributed by atoms with E-state index in [1.54, 1.807) is 30.3 Å². The zero-order chi connectivity index (χ0) is 29.3. The van der Waals surface area contributed by atoms with Crippen molar-refractivity contribution < 1.29 is 18.7 Å². The summed E-state index contributed by atoms with van der Waals surface area (Å²) in [7, 11) is 0. The molecule has 218 valence electrons. The number of aromatic amines is 1. The van der Waals surface area contributed by atoms with Gasteiger partial charge in [0.2, 0.25) is 5.91 Å². The van der Waals surface area contributed by atoms with E-state index in [1.165, 1.54) is 17.0 Å². The fourth-order valence-electron chi connectivity index (χ4n) is 5.45. The molecule has 1 aliphatic rings. The second-order valence-corrected chi connectivity index (χ2v) is 10.8. The molecule has 1 aliphatic carbocycles. The highest BCUT2D eigenvalue weighted by Crippen LogP contribution is 2.32. The predicted molar refractivity (Wildman–Crippen MR) is 164 cm³/mol. The molecule has 2 amide bonds. The van der Waals surface area contributed by atoms with Gasteiger partial charge >= 0.3 is 0 Å². The average molecular weight is 568 g/mol. The lowest BCUT2D eigenvalue weighted by atomic mass is 9.94. The largest absolute Gasteiger partial charge is 0.494 e. The van der Waals surface area contributed by atoms with Crippen LogP contribution in [0.15, 0.2) is 91.0 Å². The molecule has 0 saturated heterocycles. The van der Waals surface area contributed by atoms with Gasteiger partial charge in [0.1, 0.15) is 23.3 Å². The van der Waals surface area contributed by atoms with Gasteiger partial charge in [-0.15, -0.1) is 0 Å². The fourth-order valence-corrected chi connectivity index (χ4v) is 5.45. The van der Waals surface area contributed by atoms with Crippen LogP contribution in [-0.2, 0) is 4.79 Å². The number of benzene rings is 3. The minimum atomic E-state index is -1.02. The van der Waals surface area contributed by atoms with Crippen LogP contribution in [0.5, 0.6) is 5.75 Å². The number of hydrogen-bond donors (Lipinski definition) is 2. The van der Waals surface area contributed by atoms with Crippen molar-refractivity contribution in [3.05, 3.63) is 108 Å². The van der Waals surface area contributed by atoms with Gasteiger partial charge in [-0.1, -0.05) is 75.1 Å². The Bertz CT molecular complexity index is 1450. The Kier molecular flexibility index (Phi) is 9.70. The lowest BCUT2D eigenvalue weighted by molar-refractivity contribution is -0.123. The van der Waals surface area contributed by atoms with Crippen molar-refractivity contribution in [2.45, 2.75) is 64.0 Å². The monoisotopic (exact) mass is 567 g/mol. The van der Waals surface area contributed by atoms with Gasteiger partial charge in [0.05, 0.1) is 6.61 Å². The predicted octanol–water partition coefficient (Wildman–Crippen LogP) is 7.84. The highest BCUT2D eigenvalue weighted by Gasteiger charge is 2.35. The van der Waals surface area contributed by atoms with Crippen LogP contribution in [-0.4, -0.2) is 29.4 Å². The lowest BCUT2D eigenvalue weighted by Crippen LogP contribution is -2.47. The molecular formula is C35H38FN3O3. The topological polar surface area (TPSA) is 74.4 Å². The molecule has 2 N–H and O–H groups in total. The number of hydrogen-bond acceptors (Lipinski definition) is 3. The Morgan fingerprint density at radius 1 is 0.929 bits per heavy atom. The molecule has 1 atom stereocenters. The van der Waals surface area contributed by atoms with Gasteiger partial charge in [-0.3, -0.25) is 14.5 Å². The molecule has 6 nitrogen and oxygen atoms in total. The van der Waals surface area contributed by atoms with Gasteiger partial charge in [-0.25, -0.2) is 4.39 Å². The van der Waals surface area contributed by atoms with Crippen LogP contribution in [0.1, 0.15) is 74.0 Å². The molecular weight excluding hydrogens is 529 g/mol. The van der Waals surface area contributed by atoms with Crippen molar-refractivity contribution in [2.75, 3.05) is 11.5 Å². The van der Waals surface area contributed by atoms with Crippen LogP contribution in [0.2, 0.25) is 0 Å². The molecule has 0 bridgehead atoms. The summed E-state index contributed by atoms with van der Waals surface area (Å²) in [5.41, 5.74) is 3.14. The number of nitrogens with one attached hydrogen (secondary N) is 2. The number of nitrogens with zero attached hydrogens (tertiary/aromatic N) is 1. The number of carbonyl (C=O) groups is 2. The number of aromatic nitrogens is 1. The third-order valence-electron chi connectivity index (χ3n) is 7.75. The normalized spacial score (nSPS) is 14.2. The van der Waals surface area contributed by atoms with Gasteiger partial charge in [0.15, 0.2) is 0 Å². The first-order valence-electron chi connectivity index (χ1n) is 14.9. The van der Waals surface area contributed by atoms with E-state index in [-0.39, 0.29) is 17.9 Å². The first kappa shape index (κ1) is 29.1. The molecule has 7 heteroatoms. The zero-order valence-corrected chi connectivity index (χ0v) is 24.0. The number of rotatable bonds is 11. The summed E-state index contributed by atoms with van der Waals surface area (Å²) in [4.78, 5) is 33.2. The SMILES string of the molecule is CCCCOc1ccc(N(C(=O)c2ccc(-c3ccccc3)[nH]2)C(C(=O)NC2CCCCC2)c2ccc(F)cc2)cc1. The van der Waals surface area contributed by atoms with E-state index >= 15 is 0 Å². The summed E-state index contributed by atoms with van der Waals surface area (Å²) >= 11 is 0. The van der Waals surface area contributed by atoms with Gasteiger partial charge in [-0.05, 0) is 78.9 Å². The standard InChI is InChI=1S/C35H38FN3O3/c1-2-3-24-42-30-20-18-29(19-21-30)39(35(41)32-23-22-31(38-32)25-10-6-4-7-11-25)33(26-14-16-27(36)17-15-26)34(40)37-28-12-8-5-9-13-28/h4,6-7,10-11,14-23,28,33,38H,2-3,5,8-9,12-13,24H2,1H3,(H,37,40). The van der Waals surface area contributed by atoms with Crippen LogP contribution in [0.3, 0.4) is 0 Å². The second kappa shape index (κ2) is 14.0. The number of carbonyl (C=O) groups excluding carboxylic acids is 2. The lowest BCUT2D eigenvalue weighted by Gasteiger charge is -2.33. The van der Waals surface area contributed by atoms with Crippen molar-refractivity contribution in [1.82, 2.24) is 10.3 Å². The van der Waals surface area contributed by atoms with Gasteiger partial charge < -0.3 is 15.0 Å². The number of amides is 2. The number of unbranched alkanes of at least 4 members (excludes halogenated alkanes) is 1. The molecule has 1 heterocycles. The molecule has 1 saturated carbocycles. The maximum Gasteiger partial charge on any atom is 0.275 e. The summed E-state index contributed by atoms with van der Waals surface area (Å²) < 4.78 is 19.9. The molecule has 5 rings (SSSR count). The number of anilines is 1. The summed E-state index contributed by atoms with van der Waals surface area (Å²) in [6, 6.07) is 25.4. The Hall–Kier alpha value is -4.39. The third kappa shape index (κ3) is 7.08. The fraction of sp³-hybridized carbons (Fsp3) is 0.314. The average Bonchev–Trinajstić information content (AvgIpc) is 3.52. The minimum absolute atomic E-state index is 0.0377. The van der Waals surface area contributed by atoms with Crippen LogP contribution in [0.4, 0.5) is 10.1 Å². The van der Waals surface area contributed by atoms with Gasteiger partial charge in [0, 0.05) is 17.4 Å². The van der Waals surface area contributed by atoms with E-state index in [0.717, 1.165) is 56.2 Å². The van der Waals surface area contributed by atoms with Crippen LogP contribution in [0.25, 0.3) is 11.3 Å². The Balaban J connectivity index is 1.54. The van der Waals surface area contributed by atoms with Crippen LogP contribution < -0.4 is 15.0 Å². The first-order valence-corrected chi connectivity index (χ1v) is 14.9. The van der Waals surface area contributed by atoms with E-state index in [9.17, 15) is 14.0 Å². The molecule has 0 aliphatic heterocycles. The van der Waals surface area contributed by atoms with E-state index in [4.69, 9.17) is 4.74 Å². The van der Waals surface area contributed by atoms with Crippen LogP contribution >= 0.6 is 0 Å². The molecule has 0 radical (unpaired) electrons. The van der Waals surface area contributed by atoms with Gasteiger partial charge in [0.25, 0.3) is 5.91 Å². The summed E-state index contributed by atoms with van der Waals surface area (Å²) in [5.74, 6) is -0.380. The molecule has 4 aromatic rings. The zero-order valence-electron chi connectivity index (χ0n) is 24.0. The van der Waals surface area contributed by atoms with Crippen molar-refractivity contribution in [3.63, 3.8) is 0 Å². The summed E-state index contributed by atoms with van der Waals surface area (Å²) in [5, 5.41) is 3.20. The van der Waals surface area contributed by atoms with Crippen molar-refractivity contribution in [3.8, 4) is 17.0 Å². The Morgan fingerprint density at radius 2 is 1.64 bits per heavy atom. The summed E-state index contributed by atoms with van der Waals surface area (Å²) in [6.07, 6.45) is 7.03. The second-order valence-electron chi connectivity index (χ2n) is 10.8. The van der Waals surface area contributed by atoms with E-state index < -0.39 is 11.9 Å². The molecule has 1 unspecified atom stereocenters. The Labute approximate surface area is 246 Å². The highest BCUT2D eigenvalue weighted by molar-refractivity contribution is 6.09. The molecule has 0 spiro atoms. The first-order chi connectivity index (χ1) is 20.5. The number of halogens is 1. The van der Waals surface area contributed by atoms with E-state index in [0.29, 0.717) is 29.3 Å². The van der Waals surface area contributed by atoms with E-state index in [1.807, 2.05) is 48.5 Å². The number of ether oxygens (including phenoxy) is 1. The van der Waals surface area contributed by atoms with Gasteiger partial charge in [-0.2, -0.15) is 0 Å².